The van der Waals surface area contributed by atoms with Gasteiger partial charge >= 0.3 is 0 Å². The largest absolute Gasteiger partial charge is 0.365 e. The highest BCUT2D eigenvalue weighted by Gasteiger charge is 2.27. The van der Waals surface area contributed by atoms with E-state index in [1.807, 2.05) is 12.1 Å². The molecule has 0 atom stereocenters. The van der Waals surface area contributed by atoms with Gasteiger partial charge in [-0.1, -0.05) is 133 Å². The molecule has 0 bridgehead atoms. The highest BCUT2D eigenvalue weighted by atomic mass is 31.1. The van der Waals surface area contributed by atoms with Gasteiger partial charge in [0.15, 0.2) is 0 Å². The summed E-state index contributed by atoms with van der Waals surface area (Å²) in [5.74, 6) is 0. The first-order chi connectivity index (χ1) is 22.1. The minimum absolute atomic E-state index is 0.199. The molecule has 0 saturated heterocycles. The number of amidine groups is 2. The van der Waals surface area contributed by atoms with Crippen LogP contribution in [-0.2, 0) is 0 Å². The maximum Gasteiger partial charge on any atom is 0.135 e. The molecule has 0 heterocycles. The standard InChI is InChI=1S/C40H44N4P2/c1-39(2,3)43-37(45(31-21-11-7-12-22-31)32-23-13-8-14-24-32)41-35-29-19-20-30-36(35)42-38(44-40(4,5)6)46(33-25-15-9-16-26-33)34-27-17-10-18-28-34/h7-30H,1-6H3,(H,41,43)(H,42,44). The number of rotatable bonds is 8. The summed E-state index contributed by atoms with van der Waals surface area (Å²) in [6.45, 7) is 13.1. The predicted molar refractivity (Wildman–Crippen MR) is 205 cm³/mol. The summed E-state index contributed by atoms with van der Waals surface area (Å²) < 4.78 is 0. The van der Waals surface area contributed by atoms with Gasteiger partial charge < -0.3 is 10.6 Å². The van der Waals surface area contributed by atoms with Crippen molar-refractivity contribution in [1.29, 1.82) is 0 Å². The Kier molecular flexibility index (Phi) is 10.8. The minimum atomic E-state index is -0.963. The van der Waals surface area contributed by atoms with E-state index in [1.165, 1.54) is 21.2 Å². The third kappa shape index (κ3) is 9.23. The van der Waals surface area contributed by atoms with Gasteiger partial charge in [0.2, 0.25) is 0 Å². The Hall–Kier alpha value is -4.10. The third-order valence-corrected chi connectivity index (χ3v) is 11.3. The molecule has 0 aliphatic carbocycles. The summed E-state index contributed by atoms with van der Waals surface area (Å²) in [6.07, 6.45) is 0. The molecule has 5 rings (SSSR count). The molecular formula is C40H44N4P2. The molecular weight excluding hydrogens is 598 g/mol. The van der Waals surface area contributed by atoms with Gasteiger partial charge in [0.1, 0.15) is 11.2 Å². The van der Waals surface area contributed by atoms with Gasteiger partial charge in [-0.25, -0.2) is 9.98 Å². The van der Waals surface area contributed by atoms with Crippen LogP contribution in [0.2, 0.25) is 0 Å². The quantitative estimate of drug-likeness (QED) is 0.101. The number of para-hydroxylation sites is 2. The first kappa shape index (κ1) is 33.3. The molecule has 2 N–H and O–H groups in total. The number of nitrogens with one attached hydrogen (secondary N) is 2. The second-order valence-electron chi connectivity index (χ2n) is 13.1. The van der Waals surface area contributed by atoms with E-state index in [9.17, 15) is 0 Å². The highest BCUT2D eigenvalue weighted by molar-refractivity contribution is 7.88. The molecule has 0 aliphatic rings. The first-order valence-corrected chi connectivity index (χ1v) is 18.4. The molecule has 5 aromatic rings. The summed E-state index contributed by atoms with van der Waals surface area (Å²) in [5.41, 5.74) is 3.16. The van der Waals surface area contributed by atoms with Crippen molar-refractivity contribution in [2.75, 3.05) is 0 Å². The van der Waals surface area contributed by atoms with E-state index in [1.54, 1.807) is 0 Å². The topological polar surface area (TPSA) is 48.8 Å². The van der Waals surface area contributed by atoms with Crippen LogP contribution in [0.15, 0.2) is 156 Å². The van der Waals surface area contributed by atoms with Crippen LogP contribution in [0.4, 0.5) is 11.4 Å². The number of hydrogen-bond acceptors (Lipinski definition) is 2. The van der Waals surface area contributed by atoms with E-state index in [-0.39, 0.29) is 11.1 Å². The fraction of sp³-hybridized carbons (Fsp3) is 0.200. The van der Waals surface area contributed by atoms with Crippen LogP contribution >= 0.6 is 15.8 Å². The fourth-order valence-corrected chi connectivity index (χ4v) is 9.68. The molecule has 0 aromatic heterocycles. The third-order valence-electron chi connectivity index (χ3n) is 6.79. The summed E-state index contributed by atoms with van der Waals surface area (Å²) in [4.78, 5) is 10.9. The van der Waals surface area contributed by atoms with Crippen LogP contribution in [0.3, 0.4) is 0 Å². The lowest BCUT2D eigenvalue weighted by Gasteiger charge is -2.30. The van der Waals surface area contributed by atoms with Crippen molar-refractivity contribution in [3.05, 3.63) is 146 Å². The van der Waals surface area contributed by atoms with E-state index < -0.39 is 15.8 Å². The maximum absolute atomic E-state index is 5.46. The highest BCUT2D eigenvalue weighted by Crippen LogP contribution is 2.41. The van der Waals surface area contributed by atoms with E-state index in [2.05, 4.69) is 186 Å². The monoisotopic (exact) mass is 642 g/mol. The van der Waals surface area contributed by atoms with Crippen molar-refractivity contribution >= 4 is 59.6 Å². The Labute approximate surface area is 277 Å². The lowest BCUT2D eigenvalue weighted by atomic mass is 10.1. The molecule has 0 spiro atoms. The van der Waals surface area contributed by atoms with Gasteiger partial charge in [0.25, 0.3) is 0 Å². The van der Waals surface area contributed by atoms with Crippen molar-refractivity contribution in [1.82, 2.24) is 10.6 Å². The normalized spacial score (nSPS) is 12.8. The van der Waals surface area contributed by atoms with Gasteiger partial charge in [-0.05, 0) is 74.9 Å². The molecule has 0 aliphatic heterocycles. The number of benzene rings is 5. The lowest BCUT2D eigenvalue weighted by molar-refractivity contribution is 0.514. The summed E-state index contributed by atoms with van der Waals surface area (Å²) in [5, 5.41) is 12.6. The lowest BCUT2D eigenvalue weighted by Crippen LogP contribution is -2.42. The van der Waals surface area contributed by atoms with Crippen molar-refractivity contribution < 1.29 is 0 Å². The van der Waals surface area contributed by atoms with Gasteiger partial charge in [-0.2, -0.15) is 0 Å². The predicted octanol–water partition coefficient (Wildman–Crippen LogP) is 8.70. The Balaban J connectivity index is 1.71. The van der Waals surface area contributed by atoms with Crippen LogP contribution in [0.25, 0.3) is 0 Å². The Bertz CT molecular complexity index is 1530. The number of aliphatic imine (C=N–C) groups is 2. The van der Waals surface area contributed by atoms with Gasteiger partial charge in [0.05, 0.1) is 11.4 Å². The van der Waals surface area contributed by atoms with Crippen molar-refractivity contribution in [2.45, 2.75) is 52.6 Å². The summed E-state index contributed by atoms with van der Waals surface area (Å²) >= 11 is 0. The van der Waals surface area contributed by atoms with Crippen molar-refractivity contribution in [3.63, 3.8) is 0 Å². The molecule has 234 valence electrons. The number of hydrogen-bond donors (Lipinski definition) is 2. The molecule has 46 heavy (non-hydrogen) atoms. The molecule has 0 amide bonds. The van der Waals surface area contributed by atoms with E-state index in [4.69, 9.17) is 9.98 Å². The van der Waals surface area contributed by atoms with Crippen molar-refractivity contribution in [3.8, 4) is 0 Å². The average Bonchev–Trinajstić information content (AvgIpc) is 3.03. The van der Waals surface area contributed by atoms with Crippen molar-refractivity contribution in [2.24, 2.45) is 9.98 Å². The zero-order valence-corrected chi connectivity index (χ0v) is 29.4. The maximum atomic E-state index is 5.46. The average molecular weight is 643 g/mol. The van der Waals surface area contributed by atoms with E-state index >= 15 is 0 Å². The first-order valence-electron chi connectivity index (χ1n) is 15.7. The van der Waals surface area contributed by atoms with Crippen LogP contribution in [0.1, 0.15) is 41.5 Å². The van der Waals surface area contributed by atoms with Crippen LogP contribution in [0.5, 0.6) is 0 Å². The molecule has 0 unspecified atom stereocenters. The fourth-order valence-electron chi connectivity index (χ4n) is 4.92. The van der Waals surface area contributed by atoms with E-state index in [0.29, 0.717) is 0 Å². The SMILES string of the molecule is CC(C)(C)N/C(=N/c1ccccc1/N=C(/NC(C)(C)C)P(c1ccccc1)c1ccccc1)P(c1ccccc1)c1ccccc1. The smallest absolute Gasteiger partial charge is 0.135 e. The Morgan fingerprint density at radius 3 is 0.870 bits per heavy atom. The van der Waals surface area contributed by atoms with E-state index in [0.717, 1.165) is 22.5 Å². The van der Waals surface area contributed by atoms with Crippen LogP contribution in [0, 0.1) is 0 Å². The molecule has 0 radical (unpaired) electrons. The second-order valence-corrected chi connectivity index (χ2v) is 17.4. The minimum Gasteiger partial charge on any atom is -0.365 e. The van der Waals surface area contributed by atoms with Gasteiger partial charge in [-0.3, -0.25) is 0 Å². The zero-order valence-electron chi connectivity index (χ0n) is 27.6. The molecule has 0 fully saturated rings. The molecule has 6 heteroatoms. The number of nitrogens with zero attached hydrogens (tertiary/aromatic N) is 2. The molecule has 5 aromatic carbocycles. The molecule has 4 nitrogen and oxygen atoms in total. The second kappa shape index (κ2) is 15.0. The molecule has 0 saturated carbocycles. The van der Waals surface area contributed by atoms with Gasteiger partial charge in [-0.15, -0.1) is 0 Å². The Morgan fingerprint density at radius 1 is 0.391 bits per heavy atom. The van der Waals surface area contributed by atoms with Crippen LogP contribution in [-0.4, -0.2) is 22.2 Å². The summed E-state index contributed by atoms with van der Waals surface area (Å²) in [7, 11) is -1.93. The Morgan fingerprint density at radius 2 is 0.630 bits per heavy atom. The van der Waals surface area contributed by atoms with Gasteiger partial charge in [0, 0.05) is 26.9 Å². The summed E-state index contributed by atoms with van der Waals surface area (Å²) in [6, 6.07) is 51.1. The van der Waals surface area contributed by atoms with Crippen LogP contribution < -0.4 is 31.9 Å². The zero-order chi connectivity index (χ0) is 32.6.